The number of ether oxygens (including phenoxy) is 1. The Hall–Kier alpha value is -3.58. The molecular formula is C33H38F4N4O5S2. The number of carbonyl (C=O) groups is 1. The summed E-state index contributed by atoms with van der Waals surface area (Å²) in [6.45, 7) is 0.626. The summed E-state index contributed by atoms with van der Waals surface area (Å²) in [4.78, 5) is 14.6. The summed E-state index contributed by atoms with van der Waals surface area (Å²) in [5.41, 5.74) is 0.759. The number of fused-ring (bicyclic) bond motifs is 1. The molecule has 0 unspecified atom stereocenters. The highest BCUT2D eigenvalue weighted by molar-refractivity contribution is 7.91. The molecule has 1 aromatic heterocycles. The number of hydrogen-bond donors (Lipinski definition) is 4. The molecule has 2 fully saturated rings. The molecule has 2 aromatic carbocycles. The highest BCUT2D eigenvalue weighted by atomic mass is 32.2. The van der Waals surface area contributed by atoms with Gasteiger partial charge in [0.25, 0.3) is 5.91 Å². The van der Waals surface area contributed by atoms with Crippen molar-refractivity contribution in [2.75, 3.05) is 62.0 Å². The topological polar surface area (TPSA) is 120 Å². The van der Waals surface area contributed by atoms with Crippen molar-refractivity contribution in [2.45, 2.75) is 50.4 Å². The summed E-state index contributed by atoms with van der Waals surface area (Å²) < 4.78 is 85.7. The van der Waals surface area contributed by atoms with Crippen LogP contribution in [0.1, 0.15) is 46.5 Å². The number of halogens is 4. The predicted molar refractivity (Wildman–Crippen MR) is 179 cm³/mol. The van der Waals surface area contributed by atoms with E-state index < -0.39 is 34.2 Å². The lowest BCUT2D eigenvalue weighted by molar-refractivity contribution is -0.126. The van der Waals surface area contributed by atoms with Crippen LogP contribution in [0.3, 0.4) is 0 Å². The zero-order valence-electron chi connectivity index (χ0n) is 26.4. The average Bonchev–Trinajstić information content (AvgIpc) is 3.39. The fraction of sp³-hybridized carbons (Fsp3) is 0.485. The van der Waals surface area contributed by atoms with Crippen molar-refractivity contribution in [3.05, 3.63) is 52.2 Å². The van der Waals surface area contributed by atoms with Crippen molar-refractivity contribution in [2.24, 2.45) is 0 Å². The number of nitrogens with one attached hydrogen (secondary N) is 3. The first-order valence-electron chi connectivity index (χ1n) is 15.7. The van der Waals surface area contributed by atoms with E-state index in [2.05, 4.69) is 32.7 Å². The number of aliphatic hydroxyl groups is 1. The quantitative estimate of drug-likeness (QED) is 0.175. The first kappa shape index (κ1) is 35.7. The number of sulfone groups is 1. The van der Waals surface area contributed by atoms with E-state index >= 15 is 0 Å². The van der Waals surface area contributed by atoms with E-state index in [1.807, 2.05) is 6.07 Å². The molecule has 0 bridgehead atoms. The van der Waals surface area contributed by atoms with E-state index in [4.69, 9.17) is 9.84 Å². The fourth-order valence-electron chi connectivity index (χ4n) is 6.20. The minimum absolute atomic E-state index is 0.0642. The molecule has 5 rings (SSSR count). The van der Waals surface area contributed by atoms with Crippen molar-refractivity contribution in [1.82, 2.24) is 10.2 Å². The number of amides is 1. The molecule has 1 aliphatic heterocycles. The molecule has 0 spiro atoms. The standard InChI is InChI=1S/C33H38F4N4O5S2/c1-38-32(43)24-18-29(46-15-14-42)28(19-26(24)34)39-11-3-6-30-25(20-33(35,36)37)23-4-2-5-27(31(23)47-30)40-21-7-9-22(10-8-21)41-12-16-48(44,45)17-13-41/h2,4-5,18-19,21-22,39-40,42H,7-17,20H2,1H3,(H,38,43). The largest absolute Gasteiger partial charge is 0.489 e. The van der Waals surface area contributed by atoms with Crippen molar-refractivity contribution in [3.8, 4) is 17.6 Å². The summed E-state index contributed by atoms with van der Waals surface area (Å²) in [6, 6.07) is 7.99. The Morgan fingerprint density at radius 2 is 1.85 bits per heavy atom. The van der Waals surface area contributed by atoms with Crippen LogP contribution in [0.15, 0.2) is 30.3 Å². The van der Waals surface area contributed by atoms with Gasteiger partial charge >= 0.3 is 6.18 Å². The summed E-state index contributed by atoms with van der Waals surface area (Å²) in [7, 11) is -1.59. The molecule has 0 atom stereocenters. The number of alkyl halides is 3. The number of anilines is 2. The second kappa shape index (κ2) is 15.3. The molecule has 15 heteroatoms. The van der Waals surface area contributed by atoms with Gasteiger partial charge in [-0.3, -0.25) is 9.69 Å². The van der Waals surface area contributed by atoms with Gasteiger partial charge in [0.1, 0.15) is 18.2 Å². The van der Waals surface area contributed by atoms with Gasteiger partial charge in [-0.2, -0.15) is 13.2 Å². The van der Waals surface area contributed by atoms with E-state index in [0.29, 0.717) is 29.2 Å². The molecule has 1 amide bonds. The van der Waals surface area contributed by atoms with Crippen LogP contribution >= 0.6 is 11.3 Å². The lowest BCUT2D eigenvalue weighted by Crippen LogP contribution is -2.48. The van der Waals surface area contributed by atoms with E-state index in [9.17, 15) is 30.8 Å². The number of carbonyl (C=O) groups excluding carboxylic acids is 1. The molecule has 1 aliphatic carbocycles. The molecule has 0 radical (unpaired) electrons. The molecule has 260 valence electrons. The van der Waals surface area contributed by atoms with Gasteiger partial charge in [0, 0.05) is 38.3 Å². The number of benzene rings is 2. The number of rotatable bonds is 10. The number of hydrogen-bond acceptors (Lipinski definition) is 9. The van der Waals surface area contributed by atoms with Crippen molar-refractivity contribution in [3.63, 3.8) is 0 Å². The van der Waals surface area contributed by atoms with Crippen molar-refractivity contribution < 1.29 is 40.6 Å². The summed E-state index contributed by atoms with van der Waals surface area (Å²) >= 11 is 1.19. The van der Waals surface area contributed by atoms with Crippen molar-refractivity contribution >= 4 is 48.5 Å². The number of aliphatic hydroxyl groups excluding tert-OH is 1. The van der Waals surface area contributed by atoms with Crippen LogP contribution in [-0.4, -0.2) is 94.0 Å². The monoisotopic (exact) mass is 710 g/mol. The second-order valence-electron chi connectivity index (χ2n) is 11.9. The average molecular weight is 711 g/mol. The van der Waals surface area contributed by atoms with Crippen LogP contribution in [0.25, 0.3) is 10.1 Å². The molecule has 48 heavy (non-hydrogen) atoms. The van der Waals surface area contributed by atoms with Gasteiger partial charge in [-0.15, -0.1) is 11.3 Å². The Labute approximate surface area is 280 Å². The first-order chi connectivity index (χ1) is 22.9. The lowest BCUT2D eigenvalue weighted by Gasteiger charge is -2.39. The van der Waals surface area contributed by atoms with E-state index in [1.54, 1.807) is 12.1 Å². The molecule has 9 nitrogen and oxygen atoms in total. The smallest absolute Gasteiger partial charge is 0.393 e. The van der Waals surface area contributed by atoms with Gasteiger partial charge in [-0.25, -0.2) is 12.8 Å². The maximum absolute atomic E-state index is 14.7. The van der Waals surface area contributed by atoms with Gasteiger partial charge in [0.05, 0.1) is 57.6 Å². The molecular weight excluding hydrogens is 673 g/mol. The Balaban J connectivity index is 1.32. The predicted octanol–water partition coefficient (Wildman–Crippen LogP) is 4.79. The first-order valence-corrected chi connectivity index (χ1v) is 18.4. The van der Waals surface area contributed by atoms with Crippen LogP contribution < -0.4 is 20.7 Å². The minimum atomic E-state index is -4.46. The SMILES string of the molecule is CNC(=O)c1cc(OCCO)c(NCC#Cc2sc3c(NC4CCC(N5CCS(=O)(=O)CC5)CC4)cccc3c2CC(F)(F)F)cc1F. The molecule has 2 heterocycles. The van der Waals surface area contributed by atoms with Crippen LogP contribution in [0.4, 0.5) is 28.9 Å². The Morgan fingerprint density at radius 3 is 2.52 bits per heavy atom. The van der Waals surface area contributed by atoms with Gasteiger partial charge < -0.3 is 25.8 Å². The Bertz CT molecular complexity index is 1780. The van der Waals surface area contributed by atoms with Gasteiger partial charge in [0.15, 0.2) is 9.84 Å². The maximum atomic E-state index is 14.7. The third-order valence-electron chi connectivity index (χ3n) is 8.61. The third-order valence-corrected chi connectivity index (χ3v) is 11.4. The van der Waals surface area contributed by atoms with Gasteiger partial charge in [-0.1, -0.05) is 24.0 Å². The molecule has 2 aliphatic rings. The van der Waals surface area contributed by atoms with E-state index in [0.717, 1.165) is 37.4 Å². The third kappa shape index (κ3) is 8.90. The Kier molecular flexibility index (Phi) is 11.4. The van der Waals surface area contributed by atoms with Gasteiger partial charge in [-0.05, 0) is 48.8 Å². The highest BCUT2D eigenvalue weighted by Gasteiger charge is 2.32. The molecule has 1 saturated heterocycles. The number of nitrogens with zero attached hydrogens (tertiary/aromatic N) is 1. The maximum Gasteiger partial charge on any atom is 0.393 e. The van der Waals surface area contributed by atoms with Crippen LogP contribution in [0.2, 0.25) is 0 Å². The van der Waals surface area contributed by atoms with Crippen LogP contribution in [0.5, 0.6) is 5.75 Å². The summed E-state index contributed by atoms with van der Waals surface area (Å²) in [5, 5.41) is 18.4. The minimum Gasteiger partial charge on any atom is -0.489 e. The van der Waals surface area contributed by atoms with Crippen LogP contribution in [0, 0.1) is 17.7 Å². The van der Waals surface area contributed by atoms with Gasteiger partial charge in [0.2, 0.25) is 0 Å². The molecule has 3 aromatic rings. The van der Waals surface area contributed by atoms with Crippen molar-refractivity contribution in [1.29, 1.82) is 0 Å². The molecule has 1 saturated carbocycles. The Morgan fingerprint density at radius 1 is 1.12 bits per heavy atom. The normalized spacial score (nSPS) is 19.7. The summed E-state index contributed by atoms with van der Waals surface area (Å²) in [6.07, 6.45) is -2.06. The zero-order valence-corrected chi connectivity index (χ0v) is 28.0. The number of thiophene rings is 1. The van der Waals surface area contributed by atoms with E-state index in [-0.39, 0.29) is 64.7 Å². The van der Waals surface area contributed by atoms with Crippen LogP contribution in [-0.2, 0) is 16.3 Å². The lowest BCUT2D eigenvalue weighted by atomic mass is 9.90. The molecule has 4 N–H and O–H groups in total. The summed E-state index contributed by atoms with van der Waals surface area (Å²) in [5.74, 6) is 4.75. The zero-order chi connectivity index (χ0) is 34.5. The second-order valence-corrected chi connectivity index (χ2v) is 15.2. The van der Waals surface area contributed by atoms with E-state index in [1.165, 1.54) is 24.5 Å². The fourth-order valence-corrected chi connectivity index (χ4v) is 8.60. The highest BCUT2D eigenvalue weighted by Crippen LogP contribution is 2.40.